The summed E-state index contributed by atoms with van der Waals surface area (Å²) in [6.45, 7) is 5.25. The second kappa shape index (κ2) is 9.37. The number of hydrogen-bond donors (Lipinski definition) is 0. The van der Waals surface area contributed by atoms with E-state index in [1.807, 2.05) is 6.07 Å². The Bertz CT molecular complexity index is 778. The molecule has 1 heterocycles. The van der Waals surface area contributed by atoms with Gasteiger partial charge in [0.2, 0.25) is 0 Å². The summed E-state index contributed by atoms with van der Waals surface area (Å²) >= 11 is 0. The van der Waals surface area contributed by atoms with Crippen LogP contribution in [0.3, 0.4) is 0 Å². The lowest BCUT2D eigenvalue weighted by atomic mass is 10.1. The van der Waals surface area contributed by atoms with Gasteiger partial charge in [0.1, 0.15) is 0 Å². The molecule has 1 aromatic carbocycles. The van der Waals surface area contributed by atoms with Crippen molar-refractivity contribution in [3.63, 3.8) is 0 Å². The van der Waals surface area contributed by atoms with Crippen molar-refractivity contribution in [3.05, 3.63) is 68.5 Å². The van der Waals surface area contributed by atoms with E-state index in [4.69, 9.17) is 0 Å². The third-order valence-corrected chi connectivity index (χ3v) is 4.76. The summed E-state index contributed by atoms with van der Waals surface area (Å²) in [7, 11) is 3.24. The Labute approximate surface area is 149 Å². The zero-order valence-corrected chi connectivity index (χ0v) is 15.6. The first-order valence-electron chi connectivity index (χ1n) is 9.05. The highest BCUT2D eigenvalue weighted by Crippen LogP contribution is 2.05. The highest BCUT2D eigenvalue weighted by molar-refractivity contribution is 5.14. The van der Waals surface area contributed by atoms with Crippen LogP contribution in [-0.4, -0.2) is 33.7 Å². The van der Waals surface area contributed by atoms with Crippen molar-refractivity contribution in [2.45, 2.75) is 32.6 Å². The zero-order chi connectivity index (χ0) is 18.2. The summed E-state index contributed by atoms with van der Waals surface area (Å²) in [6.07, 6.45) is 3.93. The first kappa shape index (κ1) is 19.2. The van der Waals surface area contributed by atoms with E-state index in [9.17, 15) is 9.59 Å². The monoisotopic (exact) mass is 343 g/mol. The molecule has 5 nitrogen and oxygen atoms in total. The van der Waals surface area contributed by atoms with Crippen LogP contribution in [0.1, 0.15) is 31.0 Å². The van der Waals surface area contributed by atoms with Crippen LogP contribution < -0.4 is 11.2 Å². The van der Waals surface area contributed by atoms with E-state index >= 15 is 0 Å². The Morgan fingerprint density at radius 1 is 0.920 bits per heavy atom. The molecule has 0 aliphatic rings. The quantitative estimate of drug-likeness (QED) is 0.699. The Kier molecular flexibility index (Phi) is 7.19. The third-order valence-electron chi connectivity index (χ3n) is 4.76. The van der Waals surface area contributed by atoms with Gasteiger partial charge in [-0.1, -0.05) is 37.3 Å². The predicted molar refractivity (Wildman–Crippen MR) is 102 cm³/mol. The molecule has 5 heteroatoms. The highest BCUT2D eigenvalue weighted by atomic mass is 16.2. The summed E-state index contributed by atoms with van der Waals surface area (Å²) in [5.74, 6) is 0. The molecule has 136 valence electrons. The second-order valence-electron chi connectivity index (χ2n) is 6.50. The van der Waals surface area contributed by atoms with E-state index in [2.05, 4.69) is 36.1 Å². The summed E-state index contributed by atoms with van der Waals surface area (Å²) in [6, 6.07) is 12.1. The molecule has 0 unspecified atom stereocenters. The fraction of sp³-hybridized carbons (Fsp3) is 0.500. The van der Waals surface area contributed by atoms with Gasteiger partial charge in [0.25, 0.3) is 5.56 Å². The van der Waals surface area contributed by atoms with Gasteiger partial charge in [0.05, 0.1) is 0 Å². The fourth-order valence-corrected chi connectivity index (χ4v) is 3.08. The second-order valence-corrected chi connectivity index (χ2v) is 6.50. The average molecular weight is 343 g/mol. The van der Waals surface area contributed by atoms with Gasteiger partial charge in [0.15, 0.2) is 0 Å². The van der Waals surface area contributed by atoms with Crippen LogP contribution in [0.25, 0.3) is 0 Å². The Morgan fingerprint density at radius 3 is 2.20 bits per heavy atom. The maximum Gasteiger partial charge on any atom is 0.330 e. The molecule has 25 heavy (non-hydrogen) atoms. The maximum atomic E-state index is 12.0. The molecule has 0 bridgehead atoms. The number of aromatic nitrogens is 2. The van der Waals surface area contributed by atoms with Crippen molar-refractivity contribution in [2.24, 2.45) is 14.1 Å². The van der Waals surface area contributed by atoms with E-state index in [1.165, 1.54) is 12.6 Å². The molecule has 0 saturated heterocycles. The van der Waals surface area contributed by atoms with Crippen LogP contribution >= 0.6 is 0 Å². The van der Waals surface area contributed by atoms with Crippen molar-refractivity contribution in [1.82, 2.24) is 14.0 Å². The van der Waals surface area contributed by atoms with Gasteiger partial charge < -0.3 is 9.47 Å². The van der Waals surface area contributed by atoms with Crippen molar-refractivity contribution >= 4 is 0 Å². The summed E-state index contributed by atoms with van der Waals surface area (Å²) in [5.41, 5.74) is 1.72. The lowest BCUT2D eigenvalue weighted by Gasteiger charge is -2.20. The minimum Gasteiger partial charge on any atom is -0.304 e. The van der Waals surface area contributed by atoms with Gasteiger partial charge in [0, 0.05) is 25.9 Å². The largest absolute Gasteiger partial charge is 0.330 e. The predicted octanol–water partition coefficient (Wildman–Crippen LogP) is 1.97. The van der Waals surface area contributed by atoms with E-state index in [1.54, 1.807) is 17.7 Å². The number of aryl methyl sites for hydroxylation is 2. The fourth-order valence-electron chi connectivity index (χ4n) is 3.08. The van der Waals surface area contributed by atoms with E-state index in [-0.39, 0.29) is 11.2 Å². The van der Waals surface area contributed by atoms with Gasteiger partial charge in [-0.2, -0.15) is 0 Å². The molecule has 0 aliphatic carbocycles. The Morgan fingerprint density at radius 2 is 1.56 bits per heavy atom. The van der Waals surface area contributed by atoms with E-state index < -0.39 is 0 Å². The average Bonchev–Trinajstić information content (AvgIpc) is 2.63. The van der Waals surface area contributed by atoms with E-state index in [0.717, 1.165) is 55.6 Å². The molecule has 0 atom stereocenters. The lowest BCUT2D eigenvalue weighted by molar-refractivity contribution is 0.280. The van der Waals surface area contributed by atoms with Crippen molar-refractivity contribution in [2.75, 3.05) is 19.6 Å². The lowest BCUT2D eigenvalue weighted by Crippen LogP contribution is -2.38. The highest BCUT2D eigenvalue weighted by Gasteiger charge is 2.07. The van der Waals surface area contributed by atoms with Crippen LogP contribution in [0, 0.1) is 0 Å². The van der Waals surface area contributed by atoms with Gasteiger partial charge >= 0.3 is 5.69 Å². The first-order valence-corrected chi connectivity index (χ1v) is 9.05. The molecule has 0 aliphatic heterocycles. The van der Waals surface area contributed by atoms with Crippen LogP contribution in [0.15, 0.2) is 46.0 Å². The van der Waals surface area contributed by atoms with Crippen molar-refractivity contribution in [3.8, 4) is 0 Å². The minimum atomic E-state index is -0.252. The van der Waals surface area contributed by atoms with Gasteiger partial charge in [-0.05, 0) is 50.9 Å². The minimum absolute atomic E-state index is 0.228. The molecule has 2 aromatic rings. The molecule has 0 spiro atoms. The molecule has 0 saturated carbocycles. The molecule has 2 rings (SSSR count). The van der Waals surface area contributed by atoms with Gasteiger partial charge in [-0.3, -0.25) is 9.36 Å². The molecule has 0 amide bonds. The van der Waals surface area contributed by atoms with Crippen LogP contribution in [-0.2, 0) is 26.9 Å². The van der Waals surface area contributed by atoms with Crippen LogP contribution in [0.2, 0.25) is 0 Å². The molecular weight excluding hydrogens is 314 g/mol. The number of rotatable bonds is 9. The SMILES string of the molecule is CCN(CCCc1ccccc1)CCCc1cc(=O)n(C)c(=O)n1C. The smallest absolute Gasteiger partial charge is 0.304 e. The topological polar surface area (TPSA) is 47.2 Å². The van der Waals surface area contributed by atoms with E-state index in [0.29, 0.717) is 0 Å². The molecule has 0 radical (unpaired) electrons. The number of nitrogens with zero attached hydrogens (tertiary/aromatic N) is 3. The first-order chi connectivity index (χ1) is 12.0. The standard InChI is InChI=1S/C20H29N3O2/c1-4-23(14-8-12-17-10-6-5-7-11-17)15-9-13-18-16-19(24)22(3)20(25)21(18)2/h5-7,10-11,16H,4,8-9,12-15H2,1-3H3. The molecular formula is C20H29N3O2. The Hall–Kier alpha value is -2.14. The number of benzene rings is 1. The van der Waals surface area contributed by atoms with Crippen LogP contribution in [0.4, 0.5) is 0 Å². The van der Waals surface area contributed by atoms with Gasteiger partial charge in [-0.25, -0.2) is 4.79 Å². The summed E-state index contributed by atoms with van der Waals surface area (Å²) in [4.78, 5) is 26.2. The van der Waals surface area contributed by atoms with Crippen molar-refractivity contribution < 1.29 is 0 Å². The van der Waals surface area contributed by atoms with Crippen LogP contribution in [0.5, 0.6) is 0 Å². The molecule has 0 N–H and O–H groups in total. The molecule has 0 fully saturated rings. The van der Waals surface area contributed by atoms with Gasteiger partial charge in [-0.15, -0.1) is 0 Å². The van der Waals surface area contributed by atoms with Crippen molar-refractivity contribution in [1.29, 1.82) is 0 Å². The Balaban J connectivity index is 1.81. The summed E-state index contributed by atoms with van der Waals surface area (Å²) < 4.78 is 2.72. The summed E-state index contributed by atoms with van der Waals surface area (Å²) in [5, 5.41) is 0. The normalized spacial score (nSPS) is 11.2. The third kappa shape index (κ3) is 5.43. The maximum absolute atomic E-state index is 12.0. The number of hydrogen-bond acceptors (Lipinski definition) is 3. The zero-order valence-electron chi connectivity index (χ0n) is 15.6. The molecule has 1 aromatic heterocycles.